The maximum absolute atomic E-state index is 2.45. The first kappa shape index (κ1) is 29.7. The second-order valence-electron chi connectivity index (χ2n) is 15.9. The van der Waals surface area contributed by atoms with E-state index < -0.39 is 0 Å². The molecule has 0 bridgehead atoms. The highest BCUT2D eigenvalue weighted by Gasteiger charge is 2.21. The highest BCUT2D eigenvalue weighted by atomic mass is 15.0. The lowest BCUT2D eigenvalue weighted by Gasteiger charge is -2.19. The van der Waals surface area contributed by atoms with Gasteiger partial charge in [-0.25, -0.2) is 0 Å². The largest absolute Gasteiger partial charge is 0.309 e. The Kier molecular flexibility index (Phi) is 6.40. The smallest absolute Gasteiger partial charge is 0.0541 e. The van der Waals surface area contributed by atoms with Gasteiger partial charge in [0.05, 0.1) is 11.0 Å². The van der Waals surface area contributed by atoms with Crippen molar-refractivity contribution in [2.45, 2.75) is 52.4 Å². The first-order valence-corrected chi connectivity index (χ1v) is 17.5. The average molecular weight is 632 g/mol. The van der Waals surface area contributed by atoms with E-state index in [4.69, 9.17) is 0 Å². The van der Waals surface area contributed by atoms with Crippen LogP contribution in [0.3, 0.4) is 0 Å². The molecule has 9 rings (SSSR count). The number of fused-ring (bicyclic) bond motifs is 3. The molecule has 0 radical (unpaired) electrons. The van der Waals surface area contributed by atoms with Crippen LogP contribution in [-0.4, -0.2) is 4.57 Å². The molecule has 0 N–H and O–H groups in total. The van der Waals surface area contributed by atoms with Gasteiger partial charge >= 0.3 is 0 Å². The summed E-state index contributed by atoms with van der Waals surface area (Å²) in [7, 11) is 0. The summed E-state index contributed by atoms with van der Waals surface area (Å²) in [4.78, 5) is 0. The molecule has 0 spiro atoms. The Morgan fingerprint density at radius 2 is 0.837 bits per heavy atom. The molecule has 0 amide bonds. The van der Waals surface area contributed by atoms with Crippen LogP contribution >= 0.6 is 0 Å². The SMILES string of the molecule is CC(C)(C)c1ccc2c(c1)c1cc(C(C)(C)C)ccc1n2-c1ccc(-c2ccc3ccc4c(-c5ccccc5)ccc5ccc2c3c54)cc1. The van der Waals surface area contributed by atoms with Gasteiger partial charge in [-0.2, -0.15) is 0 Å². The number of nitrogens with zero attached hydrogens (tertiary/aromatic N) is 1. The van der Waals surface area contributed by atoms with Crippen LogP contribution < -0.4 is 0 Å². The lowest BCUT2D eigenvalue weighted by Crippen LogP contribution is -2.10. The minimum absolute atomic E-state index is 0.0791. The lowest BCUT2D eigenvalue weighted by molar-refractivity contribution is 0.590. The Bertz CT molecular complexity index is 2620. The second kappa shape index (κ2) is 10.5. The Hall–Kier alpha value is -5.40. The molecule has 0 fully saturated rings. The van der Waals surface area contributed by atoms with Crippen LogP contribution in [0.25, 0.3) is 82.1 Å². The third-order valence-electron chi connectivity index (χ3n) is 10.7. The second-order valence-corrected chi connectivity index (χ2v) is 15.9. The molecule has 0 aliphatic carbocycles. The van der Waals surface area contributed by atoms with Crippen LogP contribution in [0.5, 0.6) is 0 Å². The topological polar surface area (TPSA) is 4.93 Å². The molecule has 1 aromatic heterocycles. The quantitative estimate of drug-likeness (QED) is 0.171. The molecule has 0 unspecified atom stereocenters. The Morgan fingerprint density at radius 3 is 1.31 bits per heavy atom. The van der Waals surface area contributed by atoms with E-state index in [-0.39, 0.29) is 10.8 Å². The van der Waals surface area contributed by atoms with Crippen molar-refractivity contribution in [1.82, 2.24) is 4.57 Å². The van der Waals surface area contributed by atoms with E-state index in [1.165, 1.54) is 93.2 Å². The van der Waals surface area contributed by atoms with Crippen molar-refractivity contribution >= 4 is 54.1 Å². The average Bonchev–Trinajstić information content (AvgIpc) is 3.43. The summed E-state index contributed by atoms with van der Waals surface area (Å²) in [6.45, 7) is 13.8. The van der Waals surface area contributed by atoms with Gasteiger partial charge in [-0.05, 0) is 113 Å². The van der Waals surface area contributed by atoms with E-state index in [9.17, 15) is 0 Å². The van der Waals surface area contributed by atoms with Crippen molar-refractivity contribution in [1.29, 1.82) is 0 Å². The molecule has 8 aromatic carbocycles. The van der Waals surface area contributed by atoms with Crippen LogP contribution in [-0.2, 0) is 10.8 Å². The Balaban J connectivity index is 1.21. The van der Waals surface area contributed by atoms with E-state index in [0.717, 1.165) is 0 Å². The Labute approximate surface area is 288 Å². The maximum atomic E-state index is 2.45. The highest BCUT2D eigenvalue weighted by molar-refractivity contribution is 6.27. The van der Waals surface area contributed by atoms with Crippen molar-refractivity contribution in [3.63, 3.8) is 0 Å². The van der Waals surface area contributed by atoms with Crippen LogP contribution in [0.1, 0.15) is 52.7 Å². The van der Waals surface area contributed by atoms with Crippen LogP contribution in [0, 0.1) is 0 Å². The molecule has 49 heavy (non-hydrogen) atoms. The number of hydrogen-bond acceptors (Lipinski definition) is 0. The summed E-state index contributed by atoms with van der Waals surface area (Å²) in [5.74, 6) is 0. The standard InChI is InChI=1S/C48H41N/c1-47(2,3)34-18-26-43-41(28-34)42-29-35(48(4,5)6)19-27-44(42)49(43)36-20-12-31(13-21-36)38-23-15-33-16-24-39-37(30-10-8-7-9-11-30)22-14-32-17-25-40(38)46(33)45(32)39/h7-29H,1-6H3. The van der Waals surface area contributed by atoms with Crippen LogP contribution in [0.4, 0.5) is 0 Å². The molecular weight excluding hydrogens is 591 g/mol. The van der Waals surface area contributed by atoms with E-state index in [1.807, 2.05) is 0 Å². The van der Waals surface area contributed by atoms with Crippen molar-refractivity contribution in [3.05, 3.63) is 151 Å². The summed E-state index contributed by atoms with van der Waals surface area (Å²) in [6.07, 6.45) is 0. The van der Waals surface area contributed by atoms with Gasteiger partial charge in [0.2, 0.25) is 0 Å². The van der Waals surface area contributed by atoms with Crippen LogP contribution in [0.2, 0.25) is 0 Å². The van der Waals surface area contributed by atoms with Crippen LogP contribution in [0.15, 0.2) is 140 Å². The molecule has 0 aliphatic rings. The van der Waals surface area contributed by atoms with Crippen molar-refractivity contribution in [2.24, 2.45) is 0 Å². The predicted molar refractivity (Wildman–Crippen MR) is 213 cm³/mol. The normalized spacial score (nSPS) is 12.7. The van der Waals surface area contributed by atoms with Gasteiger partial charge in [-0.15, -0.1) is 0 Å². The van der Waals surface area contributed by atoms with Gasteiger partial charge in [0.15, 0.2) is 0 Å². The maximum Gasteiger partial charge on any atom is 0.0541 e. The highest BCUT2D eigenvalue weighted by Crippen LogP contribution is 2.43. The van der Waals surface area contributed by atoms with Gasteiger partial charge in [0.1, 0.15) is 0 Å². The minimum Gasteiger partial charge on any atom is -0.309 e. The molecule has 1 heteroatoms. The number of hydrogen-bond donors (Lipinski definition) is 0. The van der Waals surface area contributed by atoms with Gasteiger partial charge in [0.25, 0.3) is 0 Å². The molecule has 1 heterocycles. The van der Waals surface area contributed by atoms with Gasteiger partial charge < -0.3 is 4.57 Å². The predicted octanol–water partition coefficient (Wildman–Crippen LogP) is 13.6. The van der Waals surface area contributed by atoms with Crippen molar-refractivity contribution in [3.8, 4) is 27.9 Å². The third kappa shape index (κ3) is 4.67. The molecular formula is C48H41N. The summed E-state index contributed by atoms with van der Waals surface area (Å²) < 4.78 is 2.45. The molecule has 0 saturated heterocycles. The number of rotatable bonds is 3. The molecule has 0 saturated carbocycles. The summed E-state index contributed by atoms with van der Waals surface area (Å²) in [5, 5.41) is 10.5. The fraction of sp³-hybridized carbons (Fsp3) is 0.167. The first-order chi connectivity index (χ1) is 23.6. The van der Waals surface area contributed by atoms with E-state index in [1.54, 1.807) is 0 Å². The van der Waals surface area contributed by atoms with E-state index in [0.29, 0.717) is 0 Å². The zero-order valence-electron chi connectivity index (χ0n) is 29.2. The summed E-state index contributed by atoms with van der Waals surface area (Å²) in [5.41, 5.74) is 11.6. The molecule has 0 atom stereocenters. The van der Waals surface area contributed by atoms with Gasteiger partial charge in [-0.1, -0.05) is 145 Å². The van der Waals surface area contributed by atoms with Crippen molar-refractivity contribution in [2.75, 3.05) is 0 Å². The first-order valence-electron chi connectivity index (χ1n) is 17.5. The fourth-order valence-electron chi connectivity index (χ4n) is 7.95. The molecule has 0 aliphatic heterocycles. The Morgan fingerprint density at radius 1 is 0.388 bits per heavy atom. The molecule has 238 valence electrons. The molecule has 1 nitrogen and oxygen atoms in total. The zero-order chi connectivity index (χ0) is 33.7. The van der Waals surface area contributed by atoms with Gasteiger partial charge in [0, 0.05) is 16.5 Å². The van der Waals surface area contributed by atoms with E-state index >= 15 is 0 Å². The lowest BCUT2D eigenvalue weighted by atomic mass is 9.85. The summed E-state index contributed by atoms with van der Waals surface area (Å²) in [6, 6.07) is 52.5. The number of aromatic nitrogens is 1. The van der Waals surface area contributed by atoms with Gasteiger partial charge in [-0.3, -0.25) is 0 Å². The zero-order valence-corrected chi connectivity index (χ0v) is 29.2. The summed E-state index contributed by atoms with van der Waals surface area (Å²) >= 11 is 0. The number of benzene rings is 8. The molecule has 9 aromatic rings. The fourth-order valence-corrected chi connectivity index (χ4v) is 7.95. The monoisotopic (exact) mass is 631 g/mol. The van der Waals surface area contributed by atoms with Crippen molar-refractivity contribution < 1.29 is 0 Å². The third-order valence-corrected chi connectivity index (χ3v) is 10.7. The van der Waals surface area contributed by atoms with E-state index in [2.05, 4.69) is 186 Å². The minimum atomic E-state index is 0.0791.